The Balaban J connectivity index is 1.66. The molecule has 0 N–H and O–H groups in total. The number of thiophene rings is 1. The van der Waals surface area contributed by atoms with Gasteiger partial charge in [0.15, 0.2) is 5.78 Å². The maximum atomic E-state index is 13.1. The molecule has 1 unspecified atom stereocenters. The quantitative estimate of drug-likeness (QED) is 0.225. The number of methoxy groups -OCH3 is 1. The number of hydrogen-bond donors (Lipinski definition) is 0. The van der Waals surface area contributed by atoms with Crippen LogP contribution >= 0.6 is 11.3 Å². The van der Waals surface area contributed by atoms with Crippen LogP contribution in [-0.2, 0) is 22.1 Å². The van der Waals surface area contributed by atoms with Gasteiger partial charge in [0.05, 0.1) is 18.6 Å². The average Bonchev–Trinajstić information content (AvgIpc) is 3.36. The molecular weight excluding hydrogens is 449 g/mol. The number of benzene rings is 2. The molecule has 1 heterocycles. The lowest BCUT2D eigenvalue weighted by atomic mass is 9.96. The van der Waals surface area contributed by atoms with Crippen molar-refractivity contribution >= 4 is 39.3 Å². The first-order valence-corrected chi connectivity index (χ1v) is 11.5. The number of ketones is 1. The van der Waals surface area contributed by atoms with Gasteiger partial charge in [0.1, 0.15) is 0 Å². The Morgan fingerprint density at radius 3 is 2.58 bits per heavy atom. The first kappa shape index (κ1) is 23.2. The Morgan fingerprint density at radius 2 is 1.91 bits per heavy atom. The van der Waals surface area contributed by atoms with Gasteiger partial charge in [-0.1, -0.05) is 32.0 Å². The van der Waals surface area contributed by atoms with Crippen molar-refractivity contribution in [2.45, 2.75) is 44.7 Å². The summed E-state index contributed by atoms with van der Waals surface area (Å²) in [6.07, 6.45) is 0.150. The average molecular weight is 473 g/mol. The fourth-order valence-corrected chi connectivity index (χ4v) is 5.72. The number of fused-ring (bicyclic) bond motifs is 2. The molecule has 0 bridgehead atoms. The van der Waals surface area contributed by atoms with Crippen LogP contribution in [0.15, 0.2) is 42.5 Å². The summed E-state index contributed by atoms with van der Waals surface area (Å²) in [4.78, 5) is 25.7. The van der Waals surface area contributed by atoms with E-state index in [1.54, 1.807) is 18.2 Å². The molecule has 0 saturated carbocycles. The van der Waals surface area contributed by atoms with Gasteiger partial charge < -0.3 is 4.74 Å². The zero-order valence-electron chi connectivity index (χ0n) is 18.5. The van der Waals surface area contributed by atoms with E-state index in [4.69, 9.17) is 4.74 Å². The summed E-state index contributed by atoms with van der Waals surface area (Å²) >= 11 is 1.25. The number of alkyl halides is 3. The molecule has 172 valence electrons. The highest BCUT2D eigenvalue weighted by Crippen LogP contribution is 2.40. The molecule has 1 aliphatic rings. The van der Waals surface area contributed by atoms with Gasteiger partial charge in [0.25, 0.3) is 0 Å². The number of aryl methyl sites for hydroxylation is 1. The van der Waals surface area contributed by atoms with Crippen molar-refractivity contribution in [1.29, 1.82) is 0 Å². The molecule has 7 heteroatoms. The predicted molar refractivity (Wildman–Crippen MR) is 124 cm³/mol. The first-order valence-electron chi connectivity index (χ1n) is 10.7. The van der Waals surface area contributed by atoms with Crippen LogP contribution in [0.5, 0.6) is 0 Å². The maximum Gasteiger partial charge on any atom is 0.416 e. The summed E-state index contributed by atoms with van der Waals surface area (Å²) < 4.78 is 44.8. The topological polar surface area (TPSA) is 43.4 Å². The molecule has 0 aliphatic heterocycles. The smallest absolute Gasteiger partial charge is 0.416 e. The molecule has 0 saturated heterocycles. The van der Waals surface area contributed by atoms with Crippen molar-refractivity contribution in [3.63, 3.8) is 0 Å². The number of ether oxygens (including phenoxy) is 1. The molecule has 1 aromatic heterocycles. The van der Waals surface area contributed by atoms with E-state index >= 15 is 0 Å². The van der Waals surface area contributed by atoms with Crippen molar-refractivity contribution in [2.75, 3.05) is 7.11 Å². The molecule has 4 rings (SSSR count). The fraction of sp³-hybridized carbons (Fsp3) is 0.308. The number of carbonyl (C=O) groups excluding carboxylic acids is 2. The number of rotatable bonds is 5. The third-order valence-corrected chi connectivity index (χ3v) is 7.18. The van der Waals surface area contributed by atoms with Crippen LogP contribution in [0.1, 0.15) is 69.6 Å². The van der Waals surface area contributed by atoms with Gasteiger partial charge in [-0.15, -0.1) is 11.3 Å². The lowest BCUT2D eigenvalue weighted by Crippen LogP contribution is -2.11. The molecule has 0 fully saturated rings. The monoisotopic (exact) mass is 472 g/mol. The number of halogens is 3. The molecule has 1 aliphatic carbocycles. The minimum atomic E-state index is -4.40. The highest BCUT2D eigenvalue weighted by molar-refractivity contribution is 7.20. The third kappa shape index (κ3) is 4.47. The largest absolute Gasteiger partial charge is 0.469 e. The number of esters is 1. The standard InChI is InChI=1S/C26H23F3O3S/c1-14(2)24-19-9-7-17(26(27,28)29)13-23(19)33-22(24)11-10-21(30)16-5-4-15-6-8-18(20(15)12-16)25(31)32-3/h4-5,7,9-14,18H,6,8H2,1-3H3. The van der Waals surface area contributed by atoms with Crippen LogP contribution in [0.4, 0.5) is 13.2 Å². The highest BCUT2D eigenvalue weighted by atomic mass is 32.1. The van der Waals surface area contributed by atoms with Crippen LogP contribution in [0.25, 0.3) is 16.2 Å². The van der Waals surface area contributed by atoms with E-state index in [2.05, 4.69) is 0 Å². The Kier molecular flexibility index (Phi) is 6.18. The van der Waals surface area contributed by atoms with Gasteiger partial charge in [-0.3, -0.25) is 9.59 Å². The van der Waals surface area contributed by atoms with Crippen LogP contribution < -0.4 is 0 Å². The van der Waals surface area contributed by atoms with Gasteiger partial charge in [0.2, 0.25) is 0 Å². The molecule has 3 nitrogen and oxygen atoms in total. The van der Waals surface area contributed by atoms with Crippen LogP contribution in [0.2, 0.25) is 0 Å². The summed E-state index contributed by atoms with van der Waals surface area (Å²) in [5.41, 5.74) is 2.57. The summed E-state index contributed by atoms with van der Waals surface area (Å²) in [5.74, 6) is -0.818. The van der Waals surface area contributed by atoms with Crippen molar-refractivity contribution in [1.82, 2.24) is 0 Å². The van der Waals surface area contributed by atoms with Crippen molar-refractivity contribution in [2.24, 2.45) is 0 Å². The second-order valence-corrected chi connectivity index (χ2v) is 9.55. The van der Waals surface area contributed by atoms with E-state index in [9.17, 15) is 22.8 Å². The fourth-order valence-electron chi connectivity index (χ4n) is 4.42. The summed E-state index contributed by atoms with van der Waals surface area (Å²) in [6.45, 7) is 3.96. The van der Waals surface area contributed by atoms with E-state index < -0.39 is 11.7 Å². The third-order valence-electron chi connectivity index (χ3n) is 6.04. The minimum Gasteiger partial charge on any atom is -0.469 e. The SMILES string of the molecule is COC(=O)C1CCc2ccc(C(=O)C=Cc3sc4cc(C(F)(F)F)ccc4c3C(C)C)cc21. The van der Waals surface area contributed by atoms with E-state index in [0.29, 0.717) is 16.7 Å². The Morgan fingerprint density at radius 1 is 1.15 bits per heavy atom. The normalized spacial score (nSPS) is 16.0. The zero-order chi connectivity index (χ0) is 23.9. The van der Waals surface area contributed by atoms with Crippen molar-refractivity contribution < 1.29 is 27.5 Å². The molecular formula is C26H23F3O3S. The number of carbonyl (C=O) groups is 2. The second kappa shape index (κ2) is 8.78. The van der Waals surface area contributed by atoms with E-state index in [1.165, 1.54) is 36.7 Å². The predicted octanol–water partition coefficient (Wildman–Crippen LogP) is 7.14. The van der Waals surface area contributed by atoms with E-state index in [0.717, 1.165) is 39.4 Å². The summed E-state index contributed by atoms with van der Waals surface area (Å²) in [5, 5.41) is 0.772. The molecule has 3 aromatic rings. The Hall–Kier alpha value is -2.93. The number of allylic oxidation sites excluding steroid dienone is 1. The number of hydrogen-bond acceptors (Lipinski definition) is 4. The van der Waals surface area contributed by atoms with Gasteiger partial charge in [-0.05, 0) is 71.2 Å². The highest BCUT2D eigenvalue weighted by Gasteiger charge is 2.31. The first-order chi connectivity index (χ1) is 15.6. The van der Waals surface area contributed by atoms with Gasteiger partial charge >= 0.3 is 12.1 Å². The second-order valence-electron chi connectivity index (χ2n) is 8.47. The molecule has 33 heavy (non-hydrogen) atoms. The van der Waals surface area contributed by atoms with E-state index in [1.807, 2.05) is 19.9 Å². The lowest BCUT2D eigenvalue weighted by molar-refractivity contribution is -0.142. The van der Waals surface area contributed by atoms with Gasteiger partial charge in [-0.25, -0.2) is 0 Å². The van der Waals surface area contributed by atoms with Crippen molar-refractivity contribution in [3.05, 3.63) is 75.2 Å². The molecule has 2 aromatic carbocycles. The van der Waals surface area contributed by atoms with Gasteiger partial charge in [-0.2, -0.15) is 13.2 Å². The summed E-state index contributed by atoms with van der Waals surface area (Å²) in [6, 6.07) is 9.14. The van der Waals surface area contributed by atoms with Crippen LogP contribution in [-0.4, -0.2) is 18.9 Å². The summed E-state index contributed by atoms with van der Waals surface area (Å²) in [7, 11) is 1.35. The van der Waals surface area contributed by atoms with Crippen LogP contribution in [0, 0.1) is 0 Å². The zero-order valence-corrected chi connectivity index (χ0v) is 19.3. The lowest BCUT2D eigenvalue weighted by Gasteiger charge is -2.10. The van der Waals surface area contributed by atoms with Gasteiger partial charge in [0, 0.05) is 15.1 Å². The molecule has 0 radical (unpaired) electrons. The minimum absolute atomic E-state index is 0.0750. The molecule has 0 spiro atoms. The maximum absolute atomic E-state index is 13.1. The Labute approximate surface area is 193 Å². The van der Waals surface area contributed by atoms with Crippen molar-refractivity contribution in [3.8, 4) is 0 Å². The van der Waals surface area contributed by atoms with E-state index in [-0.39, 0.29) is 23.6 Å². The molecule has 0 amide bonds. The van der Waals surface area contributed by atoms with Crippen LogP contribution in [0.3, 0.4) is 0 Å². The molecule has 1 atom stereocenters. The Bertz CT molecular complexity index is 1270.